The molecule has 1 aromatic carbocycles. The average molecular weight is 267 g/mol. The Hall–Kier alpha value is -0.710. The summed E-state index contributed by atoms with van der Waals surface area (Å²) in [6.45, 7) is 1.89. The molecule has 0 bridgehead atoms. The maximum Gasteiger partial charge on any atom is 0.132 e. The second-order valence-corrected chi connectivity index (χ2v) is 5.46. The minimum Gasteiger partial charge on any atom is -0.496 e. The molecule has 0 unspecified atom stereocenters. The Kier molecular flexibility index (Phi) is 4.92. The third-order valence-electron chi connectivity index (χ3n) is 3.28. The van der Waals surface area contributed by atoms with Gasteiger partial charge in [-0.2, -0.15) is 0 Å². The van der Waals surface area contributed by atoms with Crippen LogP contribution in [0.4, 0.5) is 0 Å². The smallest absolute Gasteiger partial charge is 0.132 e. The summed E-state index contributed by atoms with van der Waals surface area (Å²) in [5.41, 5.74) is 1.25. The van der Waals surface area contributed by atoms with Crippen LogP contribution in [0.5, 0.6) is 5.75 Å². The van der Waals surface area contributed by atoms with Gasteiger partial charge in [-0.25, -0.2) is 0 Å². The summed E-state index contributed by atoms with van der Waals surface area (Å²) in [6, 6.07) is 7.05. The lowest BCUT2D eigenvalue weighted by Crippen LogP contribution is -2.28. The quantitative estimate of drug-likeness (QED) is 0.769. The van der Waals surface area contributed by atoms with E-state index in [1.165, 1.54) is 23.3 Å². The molecule has 1 saturated carbocycles. The summed E-state index contributed by atoms with van der Waals surface area (Å²) in [5.74, 6) is 0.944. The van der Waals surface area contributed by atoms with Crippen molar-refractivity contribution in [1.82, 2.24) is 4.90 Å². The fourth-order valence-corrected chi connectivity index (χ4v) is 2.72. The molecule has 0 amide bonds. The van der Waals surface area contributed by atoms with Gasteiger partial charge in [0, 0.05) is 24.0 Å². The molecule has 18 heavy (non-hydrogen) atoms. The van der Waals surface area contributed by atoms with Crippen molar-refractivity contribution >= 4 is 11.8 Å². The lowest BCUT2D eigenvalue weighted by molar-refractivity contribution is 0.183. The fraction of sp³-hybridized carbons (Fsp3) is 0.571. The third kappa shape index (κ3) is 3.40. The first-order valence-corrected chi connectivity index (χ1v) is 7.56. The summed E-state index contributed by atoms with van der Waals surface area (Å²) in [5, 5.41) is 9.10. The van der Waals surface area contributed by atoms with Gasteiger partial charge in [-0.15, -0.1) is 11.8 Å². The van der Waals surface area contributed by atoms with Gasteiger partial charge in [-0.3, -0.25) is 4.90 Å². The van der Waals surface area contributed by atoms with Gasteiger partial charge in [0.15, 0.2) is 0 Å². The zero-order chi connectivity index (χ0) is 13.0. The Morgan fingerprint density at radius 2 is 2.22 bits per heavy atom. The minimum absolute atomic E-state index is 0.233. The highest BCUT2D eigenvalue weighted by molar-refractivity contribution is 7.98. The van der Waals surface area contributed by atoms with Gasteiger partial charge in [-0.05, 0) is 36.8 Å². The average Bonchev–Trinajstić information content (AvgIpc) is 3.22. The van der Waals surface area contributed by atoms with Crippen LogP contribution in [-0.2, 0) is 6.54 Å². The number of methoxy groups -OCH3 is 1. The minimum atomic E-state index is 0.233. The van der Waals surface area contributed by atoms with Gasteiger partial charge in [0.25, 0.3) is 0 Å². The Labute approximate surface area is 113 Å². The SMILES string of the molecule is COc1cc(CN(CCO)C2CC2)ccc1SC. The summed E-state index contributed by atoms with van der Waals surface area (Å²) in [4.78, 5) is 3.52. The summed E-state index contributed by atoms with van der Waals surface area (Å²) in [7, 11) is 1.71. The molecule has 0 saturated heterocycles. The van der Waals surface area contributed by atoms with Gasteiger partial charge in [0.1, 0.15) is 5.75 Å². The van der Waals surface area contributed by atoms with Gasteiger partial charge in [0.2, 0.25) is 0 Å². The Morgan fingerprint density at radius 3 is 2.78 bits per heavy atom. The number of ether oxygens (including phenoxy) is 1. The van der Waals surface area contributed by atoms with E-state index in [1.807, 2.05) is 0 Å². The van der Waals surface area contributed by atoms with Crippen LogP contribution in [0.15, 0.2) is 23.1 Å². The van der Waals surface area contributed by atoms with Crippen molar-refractivity contribution in [3.05, 3.63) is 23.8 Å². The van der Waals surface area contributed by atoms with Gasteiger partial charge in [0.05, 0.1) is 13.7 Å². The van der Waals surface area contributed by atoms with Crippen LogP contribution in [0, 0.1) is 0 Å². The molecule has 1 N–H and O–H groups in total. The first kappa shape index (κ1) is 13.7. The summed E-state index contributed by atoms with van der Waals surface area (Å²) >= 11 is 1.70. The molecule has 3 nitrogen and oxygen atoms in total. The van der Waals surface area contributed by atoms with Crippen molar-refractivity contribution in [2.24, 2.45) is 0 Å². The van der Waals surface area contributed by atoms with Crippen molar-refractivity contribution in [3.63, 3.8) is 0 Å². The lowest BCUT2D eigenvalue weighted by atomic mass is 10.2. The van der Waals surface area contributed by atoms with Crippen LogP contribution < -0.4 is 4.74 Å². The van der Waals surface area contributed by atoms with Crippen molar-refractivity contribution in [1.29, 1.82) is 0 Å². The zero-order valence-corrected chi connectivity index (χ0v) is 11.9. The molecule has 100 valence electrons. The van der Waals surface area contributed by atoms with Gasteiger partial charge < -0.3 is 9.84 Å². The maximum absolute atomic E-state index is 9.10. The molecular formula is C14H21NO2S. The number of hydrogen-bond acceptors (Lipinski definition) is 4. The Bertz CT molecular complexity index is 393. The Morgan fingerprint density at radius 1 is 1.44 bits per heavy atom. The van der Waals surface area contributed by atoms with E-state index in [9.17, 15) is 0 Å². The number of aliphatic hydroxyl groups excluding tert-OH is 1. The molecule has 1 aromatic rings. The van der Waals surface area contributed by atoms with E-state index in [2.05, 4.69) is 29.4 Å². The topological polar surface area (TPSA) is 32.7 Å². The highest BCUT2D eigenvalue weighted by Gasteiger charge is 2.28. The van der Waals surface area contributed by atoms with Crippen molar-refractivity contribution in [3.8, 4) is 5.75 Å². The van der Waals surface area contributed by atoms with Crippen LogP contribution in [0.25, 0.3) is 0 Å². The number of hydrogen-bond donors (Lipinski definition) is 1. The highest BCUT2D eigenvalue weighted by Crippen LogP contribution is 2.31. The van der Waals surface area contributed by atoms with E-state index >= 15 is 0 Å². The first-order valence-electron chi connectivity index (χ1n) is 6.34. The predicted octanol–water partition coefficient (Wildman–Crippen LogP) is 2.37. The number of aliphatic hydroxyl groups is 1. The van der Waals surface area contributed by atoms with E-state index < -0.39 is 0 Å². The fourth-order valence-electron chi connectivity index (χ4n) is 2.17. The maximum atomic E-state index is 9.10. The van der Waals surface area contributed by atoms with Gasteiger partial charge in [-0.1, -0.05) is 6.07 Å². The van der Waals surface area contributed by atoms with Crippen LogP contribution in [0.1, 0.15) is 18.4 Å². The van der Waals surface area contributed by atoms with Crippen molar-refractivity contribution in [2.45, 2.75) is 30.3 Å². The van der Waals surface area contributed by atoms with Crippen LogP contribution in [0.3, 0.4) is 0 Å². The molecule has 0 aliphatic heterocycles. The standard InChI is InChI=1S/C14H21NO2S/c1-17-13-9-11(3-6-14(13)18-2)10-15(7-8-16)12-4-5-12/h3,6,9,12,16H,4-5,7-8,10H2,1-2H3. The van der Waals surface area contributed by atoms with E-state index in [0.29, 0.717) is 6.04 Å². The second-order valence-electron chi connectivity index (χ2n) is 4.61. The second kappa shape index (κ2) is 6.45. The molecule has 1 fully saturated rings. The Balaban J connectivity index is 2.07. The normalized spacial score (nSPS) is 15.1. The molecular weight excluding hydrogens is 246 g/mol. The van der Waals surface area contributed by atoms with Gasteiger partial charge >= 0.3 is 0 Å². The molecule has 4 heteroatoms. The molecule has 0 aromatic heterocycles. The number of nitrogens with zero attached hydrogens (tertiary/aromatic N) is 1. The molecule has 0 heterocycles. The molecule has 0 spiro atoms. The lowest BCUT2D eigenvalue weighted by Gasteiger charge is -2.21. The monoisotopic (exact) mass is 267 g/mol. The van der Waals surface area contributed by atoms with E-state index in [4.69, 9.17) is 9.84 Å². The van der Waals surface area contributed by atoms with Crippen molar-refractivity contribution in [2.75, 3.05) is 26.5 Å². The van der Waals surface area contributed by atoms with Crippen LogP contribution >= 0.6 is 11.8 Å². The highest BCUT2D eigenvalue weighted by atomic mass is 32.2. The molecule has 0 atom stereocenters. The predicted molar refractivity (Wildman–Crippen MR) is 75.3 cm³/mol. The number of thioether (sulfide) groups is 1. The van der Waals surface area contributed by atoms with Crippen LogP contribution in [0.2, 0.25) is 0 Å². The first-order chi connectivity index (χ1) is 8.78. The third-order valence-corrected chi connectivity index (χ3v) is 4.06. The molecule has 0 radical (unpaired) electrons. The van der Waals surface area contributed by atoms with Crippen molar-refractivity contribution < 1.29 is 9.84 Å². The zero-order valence-electron chi connectivity index (χ0n) is 11.1. The van der Waals surface area contributed by atoms with E-state index in [1.54, 1.807) is 18.9 Å². The number of rotatable bonds is 7. The van der Waals surface area contributed by atoms with E-state index in [-0.39, 0.29) is 6.61 Å². The molecule has 1 aliphatic carbocycles. The summed E-state index contributed by atoms with van der Waals surface area (Å²) in [6.07, 6.45) is 4.58. The molecule has 1 aliphatic rings. The molecule has 2 rings (SSSR count). The van der Waals surface area contributed by atoms with Crippen LogP contribution in [-0.4, -0.2) is 42.6 Å². The largest absolute Gasteiger partial charge is 0.496 e. The van der Waals surface area contributed by atoms with E-state index in [0.717, 1.165) is 18.8 Å². The summed E-state index contributed by atoms with van der Waals surface area (Å²) < 4.78 is 5.41. The number of benzene rings is 1.